The minimum absolute atomic E-state index is 0.201. The van der Waals surface area contributed by atoms with Crippen molar-refractivity contribution in [2.24, 2.45) is 4.99 Å². The van der Waals surface area contributed by atoms with E-state index < -0.39 is 0 Å². The molecule has 25 heavy (non-hydrogen) atoms. The number of amidine groups is 1. The maximum absolute atomic E-state index is 13.0. The first-order valence-electron chi connectivity index (χ1n) is 7.43. The SMILES string of the molecule is O=C1NC(=Nc2ccc(F)cc2)/C(=C/c2ccc3nccnc3c2)S1. The molecule has 7 heteroatoms. The van der Waals surface area contributed by atoms with Crippen LogP contribution in [0.2, 0.25) is 0 Å². The Balaban J connectivity index is 1.71. The first kappa shape index (κ1) is 15.5. The highest BCUT2D eigenvalue weighted by atomic mass is 32.2. The summed E-state index contributed by atoms with van der Waals surface area (Å²) in [6.45, 7) is 0. The molecule has 3 aromatic rings. The minimum Gasteiger partial charge on any atom is -0.300 e. The molecule has 1 amide bonds. The zero-order chi connectivity index (χ0) is 17.2. The summed E-state index contributed by atoms with van der Waals surface area (Å²) in [5, 5.41) is 2.51. The lowest BCUT2D eigenvalue weighted by molar-refractivity contribution is 0.265. The van der Waals surface area contributed by atoms with Crippen LogP contribution in [0.5, 0.6) is 0 Å². The van der Waals surface area contributed by atoms with E-state index in [-0.39, 0.29) is 11.1 Å². The van der Waals surface area contributed by atoms with Crippen LogP contribution in [-0.4, -0.2) is 21.0 Å². The molecular formula is C18H11FN4OS. The Bertz CT molecular complexity index is 1030. The number of hydrogen-bond acceptors (Lipinski definition) is 5. The Morgan fingerprint density at radius 2 is 1.80 bits per heavy atom. The normalized spacial score (nSPS) is 17.4. The standard InChI is InChI=1S/C18H11FN4OS/c19-12-2-4-13(5-3-12)22-17-16(25-18(24)23-17)10-11-1-6-14-15(9-11)21-8-7-20-14/h1-10H,(H,22,23,24)/b16-10-. The van der Waals surface area contributed by atoms with E-state index >= 15 is 0 Å². The van der Waals surface area contributed by atoms with E-state index in [9.17, 15) is 9.18 Å². The first-order chi connectivity index (χ1) is 12.2. The fourth-order valence-corrected chi connectivity index (χ4v) is 3.11. The number of carbonyl (C=O) groups is 1. The summed E-state index contributed by atoms with van der Waals surface area (Å²) >= 11 is 1.07. The Morgan fingerprint density at radius 3 is 2.60 bits per heavy atom. The van der Waals surface area contributed by atoms with Crippen molar-refractivity contribution < 1.29 is 9.18 Å². The van der Waals surface area contributed by atoms with E-state index in [0.29, 0.717) is 16.4 Å². The van der Waals surface area contributed by atoms with Gasteiger partial charge in [0.05, 0.1) is 21.6 Å². The number of amides is 1. The molecular weight excluding hydrogens is 339 g/mol. The zero-order valence-corrected chi connectivity index (χ0v) is 13.6. The summed E-state index contributed by atoms with van der Waals surface area (Å²) in [6, 6.07) is 11.4. The number of hydrogen-bond donors (Lipinski definition) is 1. The second-order valence-electron chi connectivity index (χ2n) is 5.26. The van der Waals surface area contributed by atoms with E-state index in [4.69, 9.17) is 0 Å². The Morgan fingerprint density at radius 1 is 1.04 bits per heavy atom. The average molecular weight is 350 g/mol. The predicted octanol–water partition coefficient (Wildman–Crippen LogP) is 4.30. The maximum Gasteiger partial charge on any atom is 0.289 e. The van der Waals surface area contributed by atoms with Crippen molar-refractivity contribution in [2.75, 3.05) is 0 Å². The highest BCUT2D eigenvalue weighted by Gasteiger charge is 2.23. The molecule has 0 unspecified atom stereocenters. The molecule has 1 aromatic heterocycles. The molecule has 1 aliphatic rings. The van der Waals surface area contributed by atoms with Crippen molar-refractivity contribution in [2.45, 2.75) is 0 Å². The van der Waals surface area contributed by atoms with E-state index in [1.807, 2.05) is 24.3 Å². The van der Waals surface area contributed by atoms with Crippen LogP contribution in [-0.2, 0) is 0 Å². The number of aromatic nitrogens is 2. The second kappa shape index (κ2) is 6.45. The monoisotopic (exact) mass is 350 g/mol. The average Bonchev–Trinajstić information content (AvgIpc) is 2.96. The number of rotatable bonds is 2. The molecule has 2 aromatic carbocycles. The summed E-state index contributed by atoms with van der Waals surface area (Å²) in [5.41, 5.74) is 3.03. The van der Waals surface area contributed by atoms with Gasteiger partial charge in [-0.05, 0) is 59.8 Å². The molecule has 5 nitrogen and oxygen atoms in total. The van der Waals surface area contributed by atoms with Gasteiger partial charge >= 0.3 is 0 Å². The fraction of sp³-hybridized carbons (Fsp3) is 0. The third-order valence-electron chi connectivity index (χ3n) is 3.52. The number of benzene rings is 2. The summed E-state index contributed by atoms with van der Waals surface area (Å²) < 4.78 is 13.0. The Kier molecular flexibility index (Phi) is 3.99. The van der Waals surface area contributed by atoms with Crippen molar-refractivity contribution in [3.8, 4) is 0 Å². The molecule has 122 valence electrons. The van der Waals surface area contributed by atoms with Crippen LogP contribution in [0, 0.1) is 5.82 Å². The molecule has 1 fully saturated rings. The molecule has 1 N–H and O–H groups in total. The molecule has 1 saturated heterocycles. The van der Waals surface area contributed by atoms with Crippen molar-refractivity contribution in [3.05, 3.63) is 71.1 Å². The van der Waals surface area contributed by atoms with Gasteiger partial charge in [0.2, 0.25) is 0 Å². The number of carbonyl (C=O) groups excluding carboxylic acids is 1. The smallest absolute Gasteiger partial charge is 0.289 e. The van der Waals surface area contributed by atoms with Gasteiger partial charge < -0.3 is 5.32 Å². The van der Waals surface area contributed by atoms with Crippen LogP contribution in [0.1, 0.15) is 5.56 Å². The maximum atomic E-state index is 13.0. The van der Waals surface area contributed by atoms with Crippen LogP contribution in [0.25, 0.3) is 17.1 Å². The van der Waals surface area contributed by atoms with E-state index in [0.717, 1.165) is 28.4 Å². The van der Waals surface area contributed by atoms with Crippen LogP contribution in [0.15, 0.2) is 64.8 Å². The molecule has 0 atom stereocenters. The highest BCUT2D eigenvalue weighted by Crippen LogP contribution is 2.29. The number of thioether (sulfide) groups is 1. The van der Waals surface area contributed by atoms with Crippen LogP contribution < -0.4 is 5.32 Å². The predicted molar refractivity (Wildman–Crippen MR) is 97.1 cm³/mol. The second-order valence-corrected chi connectivity index (χ2v) is 6.28. The van der Waals surface area contributed by atoms with Crippen LogP contribution in [0.4, 0.5) is 14.9 Å². The summed E-state index contributed by atoms with van der Waals surface area (Å²) in [6.07, 6.45) is 5.14. The first-order valence-corrected chi connectivity index (χ1v) is 8.25. The summed E-state index contributed by atoms with van der Waals surface area (Å²) in [5.74, 6) is 0.114. The largest absolute Gasteiger partial charge is 0.300 e. The van der Waals surface area contributed by atoms with Gasteiger partial charge in [0.1, 0.15) is 11.7 Å². The van der Waals surface area contributed by atoms with Gasteiger partial charge in [-0.15, -0.1) is 0 Å². The van der Waals surface area contributed by atoms with Gasteiger partial charge in [0.15, 0.2) is 0 Å². The Hall–Kier alpha value is -3.06. The molecule has 0 bridgehead atoms. The van der Waals surface area contributed by atoms with Gasteiger partial charge in [-0.2, -0.15) is 0 Å². The molecule has 0 radical (unpaired) electrons. The van der Waals surface area contributed by atoms with Gasteiger partial charge in [0, 0.05) is 12.4 Å². The highest BCUT2D eigenvalue weighted by molar-refractivity contribution is 8.18. The van der Waals surface area contributed by atoms with Gasteiger partial charge in [-0.25, -0.2) is 9.38 Å². The van der Waals surface area contributed by atoms with Gasteiger partial charge in [-0.1, -0.05) is 6.07 Å². The van der Waals surface area contributed by atoms with Gasteiger partial charge in [0.25, 0.3) is 5.24 Å². The van der Waals surface area contributed by atoms with Crippen molar-refractivity contribution >= 4 is 45.6 Å². The number of aliphatic imine (C=N–C) groups is 1. The van der Waals surface area contributed by atoms with E-state index in [1.165, 1.54) is 12.1 Å². The minimum atomic E-state index is -0.332. The molecule has 0 spiro atoms. The van der Waals surface area contributed by atoms with Crippen LogP contribution in [0.3, 0.4) is 0 Å². The summed E-state index contributed by atoms with van der Waals surface area (Å²) in [4.78, 5) is 25.4. The third kappa shape index (κ3) is 3.41. The van der Waals surface area contributed by atoms with E-state index in [2.05, 4.69) is 20.3 Å². The lowest BCUT2D eigenvalue weighted by Gasteiger charge is -2.01. The number of halogens is 1. The quantitative estimate of drug-likeness (QED) is 0.748. The molecule has 2 heterocycles. The number of fused-ring (bicyclic) bond motifs is 1. The third-order valence-corrected chi connectivity index (χ3v) is 4.33. The molecule has 0 aliphatic carbocycles. The molecule has 4 rings (SSSR count). The van der Waals surface area contributed by atoms with Crippen molar-refractivity contribution in [1.82, 2.24) is 15.3 Å². The fourth-order valence-electron chi connectivity index (χ4n) is 2.38. The number of nitrogens with zero attached hydrogens (tertiary/aromatic N) is 3. The zero-order valence-electron chi connectivity index (χ0n) is 12.8. The Labute approximate surface area is 146 Å². The lowest BCUT2D eigenvalue weighted by atomic mass is 10.1. The molecule has 1 aliphatic heterocycles. The summed E-state index contributed by atoms with van der Waals surface area (Å²) in [7, 11) is 0. The van der Waals surface area contributed by atoms with Crippen molar-refractivity contribution in [1.29, 1.82) is 0 Å². The van der Waals surface area contributed by atoms with E-state index in [1.54, 1.807) is 24.5 Å². The van der Waals surface area contributed by atoms with Crippen molar-refractivity contribution in [3.63, 3.8) is 0 Å². The lowest BCUT2D eigenvalue weighted by Crippen LogP contribution is -2.18. The topological polar surface area (TPSA) is 67.2 Å². The number of nitrogens with one attached hydrogen (secondary N) is 1. The molecule has 0 saturated carbocycles. The van der Waals surface area contributed by atoms with Gasteiger partial charge in [-0.3, -0.25) is 14.8 Å². The van der Waals surface area contributed by atoms with Crippen LogP contribution >= 0.6 is 11.8 Å².